The zero-order valence-corrected chi connectivity index (χ0v) is 26.1. The lowest BCUT2D eigenvalue weighted by atomic mass is 9.87. The van der Waals surface area contributed by atoms with E-state index in [0.29, 0.717) is 57.9 Å². The van der Waals surface area contributed by atoms with Crippen molar-refractivity contribution in [2.24, 2.45) is 0 Å². The van der Waals surface area contributed by atoms with Gasteiger partial charge in [0.25, 0.3) is 0 Å². The molecule has 234 valence electrons. The summed E-state index contributed by atoms with van der Waals surface area (Å²) in [6.07, 6.45) is 11.1. The summed E-state index contributed by atoms with van der Waals surface area (Å²) < 4.78 is 5.60. The Kier molecular flexibility index (Phi) is 13.8. The standard InChI is InChI=1S/C35H48N2O6/c1-4-7-10-26(38)11-8-12-27(39)20-24-15-17-28-29-18-16-25(37-34(41)14-9-13-33(40)36-19-5-2)22-31(29)32(30(28)21-24)23-43-35(42)6-3/h15-17,21-22,29,32H,4-14,18-20,23H2,1-3H3,(H,36,40)(H,37,41). The van der Waals surface area contributed by atoms with Crippen molar-refractivity contribution in [1.82, 2.24) is 10.6 Å². The molecular weight excluding hydrogens is 544 g/mol. The molecule has 2 N–H and O–H groups in total. The number of esters is 1. The van der Waals surface area contributed by atoms with Crippen molar-refractivity contribution in [3.05, 3.63) is 58.3 Å². The van der Waals surface area contributed by atoms with Crippen molar-refractivity contribution in [2.75, 3.05) is 13.2 Å². The first-order valence-corrected chi connectivity index (χ1v) is 16.1. The van der Waals surface area contributed by atoms with Gasteiger partial charge >= 0.3 is 5.97 Å². The van der Waals surface area contributed by atoms with E-state index in [4.69, 9.17) is 4.74 Å². The normalized spacial score (nSPS) is 16.8. The fraction of sp³-hybridized carbons (Fsp3) is 0.571. The van der Waals surface area contributed by atoms with Gasteiger partial charge in [-0.05, 0) is 60.4 Å². The molecule has 0 spiro atoms. The Hall–Kier alpha value is -3.55. The molecular formula is C35H48N2O6. The van der Waals surface area contributed by atoms with Gasteiger partial charge in [0.05, 0.1) is 0 Å². The minimum Gasteiger partial charge on any atom is -0.465 e. The van der Waals surface area contributed by atoms with E-state index in [2.05, 4.69) is 29.7 Å². The number of Topliss-reactive ketones (excluding diaryl/α,β-unsaturated/α-hetero) is 2. The van der Waals surface area contributed by atoms with E-state index in [-0.39, 0.29) is 60.6 Å². The highest BCUT2D eigenvalue weighted by molar-refractivity contribution is 5.83. The molecule has 0 aromatic heterocycles. The van der Waals surface area contributed by atoms with Crippen molar-refractivity contribution in [2.45, 2.75) is 116 Å². The number of hydrogen-bond donors (Lipinski definition) is 2. The molecule has 0 fully saturated rings. The zero-order valence-electron chi connectivity index (χ0n) is 26.1. The molecule has 2 aliphatic carbocycles. The van der Waals surface area contributed by atoms with Gasteiger partial charge in [-0.15, -0.1) is 0 Å². The monoisotopic (exact) mass is 592 g/mol. The quantitative estimate of drug-likeness (QED) is 0.194. The van der Waals surface area contributed by atoms with Crippen LogP contribution in [0.4, 0.5) is 0 Å². The van der Waals surface area contributed by atoms with Gasteiger partial charge in [0, 0.05) is 69.0 Å². The highest BCUT2D eigenvalue weighted by Gasteiger charge is 2.37. The van der Waals surface area contributed by atoms with Gasteiger partial charge < -0.3 is 15.4 Å². The molecule has 8 heteroatoms. The SMILES string of the molecule is CCCCC(=O)CCCC(=O)Cc1ccc2c(c1)C(COC(=O)CC)C1=CC(NC(=O)CCCC(=O)NCCC)=CCC12. The summed E-state index contributed by atoms with van der Waals surface area (Å²) in [5, 5.41) is 5.81. The molecule has 0 saturated heterocycles. The van der Waals surface area contributed by atoms with E-state index >= 15 is 0 Å². The first-order chi connectivity index (χ1) is 20.7. The lowest BCUT2D eigenvalue weighted by molar-refractivity contribution is -0.143. The Morgan fingerprint density at radius 2 is 1.56 bits per heavy atom. The largest absolute Gasteiger partial charge is 0.465 e. The summed E-state index contributed by atoms with van der Waals surface area (Å²) in [7, 11) is 0. The summed E-state index contributed by atoms with van der Waals surface area (Å²) in [4.78, 5) is 61.2. The van der Waals surface area contributed by atoms with Gasteiger partial charge in [-0.1, -0.05) is 51.5 Å². The number of amides is 2. The fourth-order valence-corrected chi connectivity index (χ4v) is 5.74. The number of ether oxygens (including phenoxy) is 1. The third-order valence-corrected chi connectivity index (χ3v) is 8.09. The average Bonchev–Trinajstić information content (AvgIpc) is 3.29. The van der Waals surface area contributed by atoms with Crippen molar-refractivity contribution in [3.63, 3.8) is 0 Å². The molecule has 0 radical (unpaired) electrons. The molecule has 1 aromatic rings. The Bertz CT molecular complexity index is 1230. The number of allylic oxidation sites excluding steroid dienone is 2. The van der Waals surface area contributed by atoms with Crippen LogP contribution in [0.25, 0.3) is 0 Å². The van der Waals surface area contributed by atoms with Crippen molar-refractivity contribution in [1.29, 1.82) is 0 Å². The van der Waals surface area contributed by atoms with Gasteiger partial charge in [0.15, 0.2) is 0 Å². The van der Waals surface area contributed by atoms with E-state index in [0.717, 1.165) is 47.2 Å². The first kappa shape index (κ1) is 33.9. The fourth-order valence-electron chi connectivity index (χ4n) is 5.74. The molecule has 43 heavy (non-hydrogen) atoms. The van der Waals surface area contributed by atoms with Crippen LogP contribution in [0.2, 0.25) is 0 Å². The number of carbonyl (C=O) groups is 5. The molecule has 1 aromatic carbocycles. The maximum Gasteiger partial charge on any atom is 0.305 e. The van der Waals surface area contributed by atoms with E-state index in [1.807, 2.05) is 25.1 Å². The smallest absolute Gasteiger partial charge is 0.305 e. The number of unbranched alkanes of at least 4 members (excludes halogenated alkanes) is 1. The van der Waals surface area contributed by atoms with Gasteiger partial charge in [-0.3, -0.25) is 24.0 Å². The van der Waals surface area contributed by atoms with E-state index in [1.54, 1.807) is 6.92 Å². The average molecular weight is 593 g/mol. The number of hydrogen-bond acceptors (Lipinski definition) is 6. The molecule has 2 unspecified atom stereocenters. The molecule has 0 heterocycles. The molecule has 0 bridgehead atoms. The van der Waals surface area contributed by atoms with Crippen LogP contribution in [-0.4, -0.2) is 42.5 Å². The highest BCUT2D eigenvalue weighted by atomic mass is 16.5. The van der Waals surface area contributed by atoms with E-state index < -0.39 is 0 Å². The Morgan fingerprint density at radius 1 is 0.837 bits per heavy atom. The Labute approximate surface area is 256 Å². The predicted octanol–water partition coefficient (Wildman–Crippen LogP) is 5.89. The lowest BCUT2D eigenvalue weighted by Crippen LogP contribution is -2.26. The number of carbonyl (C=O) groups excluding carboxylic acids is 5. The van der Waals surface area contributed by atoms with Crippen LogP contribution < -0.4 is 10.6 Å². The second kappa shape index (κ2) is 17.5. The summed E-state index contributed by atoms with van der Waals surface area (Å²) in [6.45, 7) is 6.66. The third-order valence-electron chi connectivity index (χ3n) is 8.09. The maximum absolute atomic E-state index is 12.7. The molecule has 2 aliphatic rings. The minimum atomic E-state index is -0.270. The highest BCUT2D eigenvalue weighted by Crippen LogP contribution is 2.50. The number of fused-ring (bicyclic) bond motifs is 3. The summed E-state index contributed by atoms with van der Waals surface area (Å²) in [5.41, 5.74) is 4.93. The number of rotatable bonds is 19. The molecule has 8 nitrogen and oxygen atoms in total. The number of nitrogens with one attached hydrogen (secondary N) is 2. The predicted molar refractivity (Wildman–Crippen MR) is 166 cm³/mol. The summed E-state index contributed by atoms with van der Waals surface area (Å²) >= 11 is 0. The van der Waals surface area contributed by atoms with Crippen molar-refractivity contribution < 1.29 is 28.7 Å². The van der Waals surface area contributed by atoms with Crippen molar-refractivity contribution >= 4 is 29.4 Å². The molecule has 0 saturated carbocycles. The Morgan fingerprint density at radius 3 is 2.30 bits per heavy atom. The van der Waals surface area contributed by atoms with Crippen LogP contribution in [0.3, 0.4) is 0 Å². The van der Waals surface area contributed by atoms with Crippen LogP contribution >= 0.6 is 0 Å². The minimum absolute atomic E-state index is 0.0386. The van der Waals surface area contributed by atoms with Crippen LogP contribution in [0.1, 0.15) is 126 Å². The van der Waals surface area contributed by atoms with Gasteiger partial charge in [0.1, 0.15) is 18.2 Å². The van der Waals surface area contributed by atoms with Gasteiger partial charge in [0.2, 0.25) is 11.8 Å². The van der Waals surface area contributed by atoms with Gasteiger partial charge in [-0.2, -0.15) is 0 Å². The maximum atomic E-state index is 12.7. The van der Waals surface area contributed by atoms with Crippen LogP contribution in [0, 0.1) is 0 Å². The van der Waals surface area contributed by atoms with Gasteiger partial charge in [-0.25, -0.2) is 0 Å². The second-order valence-corrected chi connectivity index (χ2v) is 11.6. The van der Waals surface area contributed by atoms with E-state index in [9.17, 15) is 24.0 Å². The second-order valence-electron chi connectivity index (χ2n) is 11.6. The van der Waals surface area contributed by atoms with Crippen LogP contribution in [-0.2, 0) is 35.1 Å². The topological polar surface area (TPSA) is 119 Å². The molecule has 2 amide bonds. The Balaban J connectivity index is 1.65. The first-order valence-electron chi connectivity index (χ1n) is 16.1. The third kappa shape index (κ3) is 10.6. The molecule has 2 atom stereocenters. The summed E-state index contributed by atoms with van der Waals surface area (Å²) in [5.74, 6) is -0.154. The summed E-state index contributed by atoms with van der Waals surface area (Å²) in [6, 6.07) is 6.14. The van der Waals surface area contributed by atoms with Crippen molar-refractivity contribution in [3.8, 4) is 0 Å². The van der Waals surface area contributed by atoms with Crippen LogP contribution in [0.5, 0.6) is 0 Å². The number of ketones is 2. The number of benzene rings is 1. The van der Waals surface area contributed by atoms with Crippen LogP contribution in [0.15, 0.2) is 41.6 Å². The lowest BCUT2D eigenvalue weighted by Gasteiger charge is -2.22. The van der Waals surface area contributed by atoms with E-state index in [1.165, 1.54) is 0 Å². The zero-order chi connectivity index (χ0) is 31.2. The molecule has 0 aliphatic heterocycles. The molecule has 3 rings (SSSR count).